The van der Waals surface area contributed by atoms with Crippen molar-refractivity contribution in [3.63, 3.8) is 0 Å². The van der Waals surface area contributed by atoms with Crippen LogP contribution in [-0.2, 0) is 25.8 Å². The van der Waals surface area contributed by atoms with Gasteiger partial charge in [-0.05, 0) is 98.6 Å². The fraction of sp³-hybridized carbons (Fsp3) is 0.438. The van der Waals surface area contributed by atoms with Gasteiger partial charge in [0.15, 0.2) is 0 Å². The Hall–Kier alpha value is -2.98. The lowest BCUT2D eigenvalue weighted by Gasteiger charge is -2.23. The molecular weight excluding hydrogens is 444 g/mol. The van der Waals surface area contributed by atoms with Crippen LogP contribution in [-0.4, -0.2) is 31.9 Å². The van der Waals surface area contributed by atoms with Crippen molar-refractivity contribution < 1.29 is 9.84 Å². The van der Waals surface area contributed by atoms with Crippen LogP contribution in [0.3, 0.4) is 0 Å². The number of nitrogens with zero attached hydrogens (tertiary/aromatic N) is 1. The summed E-state index contributed by atoms with van der Waals surface area (Å²) >= 11 is 0. The number of aromatic hydroxyl groups is 1. The fourth-order valence-electron chi connectivity index (χ4n) is 4.35. The third-order valence-electron chi connectivity index (χ3n) is 6.37. The highest BCUT2D eigenvalue weighted by atomic mass is 16.5. The second kappa shape index (κ2) is 16.6. The van der Waals surface area contributed by atoms with Gasteiger partial charge < -0.3 is 20.1 Å². The van der Waals surface area contributed by atoms with Gasteiger partial charge in [-0.1, -0.05) is 57.2 Å². The normalized spacial score (nSPS) is 11.8. The van der Waals surface area contributed by atoms with Crippen LogP contribution in [0.15, 0.2) is 66.7 Å². The van der Waals surface area contributed by atoms with E-state index in [1.165, 1.54) is 47.2 Å². The smallest absolute Gasteiger partial charge is 0.120 e. The maximum Gasteiger partial charge on any atom is 0.120 e. The summed E-state index contributed by atoms with van der Waals surface area (Å²) in [6.45, 7) is 12.3. The van der Waals surface area contributed by atoms with Crippen molar-refractivity contribution in [2.75, 3.05) is 31.6 Å². The quantitative estimate of drug-likeness (QED) is 0.312. The number of nitrogens with one attached hydrogen (secondary N) is 1. The number of anilines is 1. The van der Waals surface area contributed by atoms with Crippen LogP contribution < -0.4 is 15.0 Å². The van der Waals surface area contributed by atoms with Crippen molar-refractivity contribution in [3.8, 4) is 11.5 Å². The van der Waals surface area contributed by atoms with Gasteiger partial charge in [0, 0.05) is 24.8 Å². The minimum Gasteiger partial charge on any atom is -0.508 e. The molecule has 36 heavy (non-hydrogen) atoms. The van der Waals surface area contributed by atoms with Crippen LogP contribution in [0.1, 0.15) is 62.8 Å². The Balaban J connectivity index is 0.000000291. The molecular formula is C32H46N2O2. The molecule has 0 unspecified atom stereocenters. The van der Waals surface area contributed by atoms with E-state index in [2.05, 4.69) is 60.5 Å². The summed E-state index contributed by atoms with van der Waals surface area (Å²) in [5.74, 6) is 1.31. The molecule has 0 atom stereocenters. The lowest BCUT2D eigenvalue weighted by Crippen LogP contribution is -2.22. The third kappa shape index (κ3) is 9.58. The summed E-state index contributed by atoms with van der Waals surface area (Å²) < 4.78 is 5.33. The highest BCUT2D eigenvalue weighted by molar-refractivity contribution is 5.51. The molecule has 0 saturated heterocycles. The van der Waals surface area contributed by atoms with Crippen LogP contribution in [0.5, 0.6) is 11.5 Å². The summed E-state index contributed by atoms with van der Waals surface area (Å²) in [5.41, 5.74) is 6.69. The van der Waals surface area contributed by atoms with Crippen LogP contribution >= 0.6 is 0 Å². The molecule has 1 aliphatic rings. The lowest BCUT2D eigenvalue weighted by molar-refractivity contribution is 0.415. The minimum atomic E-state index is 0.408. The zero-order valence-corrected chi connectivity index (χ0v) is 23.0. The van der Waals surface area contributed by atoms with Crippen LogP contribution in [0.2, 0.25) is 0 Å². The predicted molar refractivity (Wildman–Crippen MR) is 155 cm³/mol. The standard InChI is InChI=1S/C20H28N2O.C10H12O.C2H6/c1-4-21-14-13-17-9-11-18(12-10-17)16-22(5-2)19-7-6-8-20(15-19)23-3;11-10-6-5-8-3-1-2-4-9(8)7-10;1-2/h6-12,15,21H,4-5,13-14,16H2,1-3H3;5-7,11H,1-4H2;1-2H3. The number of hydrogen-bond acceptors (Lipinski definition) is 4. The average molecular weight is 491 g/mol. The third-order valence-corrected chi connectivity index (χ3v) is 6.37. The molecule has 0 fully saturated rings. The SMILES string of the molecule is CC.CCNCCc1ccc(CN(CC)c2cccc(OC)c2)cc1.Oc1ccc2c(c1)CCCC2. The fourth-order valence-corrected chi connectivity index (χ4v) is 4.35. The Kier molecular flexibility index (Phi) is 13.5. The molecule has 0 radical (unpaired) electrons. The van der Waals surface area contributed by atoms with Gasteiger partial charge in [0.25, 0.3) is 0 Å². The Bertz CT molecular complexity index is 1000. The average Bonchev–Trinajstić information content (AvgIpc) is 2.94. The maximum absolute atomic E-state index is 9.19. The summed E-state index contributed by atoms with van der Waals surface area (Å²) in [6.07, 6.45) is 6.00. The highest BCUT2D eigenvalue weighted by Crippen LogP contribution is 2.24. The molecule has 4 rings (SSSR count). The van der Waals surface area contributed by atoms with E-state index >= 15 is 0 Å². The number of fused-ring (bicyclic) bond motifs is 1. The van der Waals surface area contributed by atoms with Crippen molar-refractivity contribution in [2.24, 2.45) is 0 Å². The van der Waals surface area contributed by atoms with Crippen molar-refractivity contribution in [2.45, 2.75) is 66.3 Å². The van der Waals surface area contributed by atoms with Crippen molar-refractivity contribution in [3.05, 3.63) is 89.0 Å². The Morgan fingerprint density at radius 2 is 1.56 bits per heavy atom. The summed E-state index contributed by atoms with van der Waals surface area (Å²) in [6, 6.07) is 22.9. The van der Waals surface area contributed by atoms with Gasteiger partial charge in [-0.25, -0.2) is 0 Å². The van der Waals surface area contributed by atoms with Crippen LogP contribution in [0.25, 0.3) is 0 Å². The summed E-state index contributed by atoms with van der Waals surface area (Å²) in [4.78, 5) is 2.36. The molecule has 2 N–H and O–H groups in total. The van der Waals surface area contributed by atoms with Crippen LogP contribution in [0.4, 0.5) is 5.69 Å². The van der Waals surface area contributed by atoms with Crippen LogP contribution in [0, 0.1) is 0 Å². The topological polar surface area (TPSA) is 44.7 Å². The molecule has 0 heterocycles. The second-order valence-electron chi connectivity index (χ2n) is 8.80. The van der Waals surface area contributed by atoms with Gasteiger partial charge >= 0.3 is 0 Å². The molecule has 4 heteroatoms. The Morgan fingerprint density at radius 3 is 2.22 bits per heavy atom. The molecule has 0 saturated carbocycles. The summed E-state index contributed by atoms with van der Waals surface area (Å²) in [5, 5.41) is 12.6. The molecule has 1 aliphatic carbocycles. The number of phenols is 1. The van der Waals surface area contributed by atoms with Crippen molar-refractivity contribution in [1.29, 1.82) is 0 Å². The van der Waals surface area contributed by atoms with E-state index in [0.717, 1.165) is 44.8 Å². The first-order valence-electron chi connectivity index (χ1n) is 13.6. The first kappa shape index (κ1) is 29.3. The first-order chi connectivity index (χ1) is 17.6. The monoisotopic (exact) mass is 490 g/mol. The van der Waals surface area contributed by atoms with Gasteiger partial charge in [0.2, 0.25) is 0 Å². The largest absolute Gasteiger partial charge is 0.508 e. The van der Waals surface area contributed by atoms with E-state index in [4.69, 9.17) is 4.74 Å². The molecule has 196 valence electrons. The molecule has 3 aromatic rings. The first-order valence-corrected chi connectivity index (χ1v) is 13.6. The van der Waals surface area contributed by atoms with E-state index in [0.29, 0.717) is 5.75 Å². The summed E-state index contributed by atoms with van der Waals surface area (Å²) in [7, 11) is 1.71. The van der Waals surface area contributed by atoms with E-state index in [-0.39, 0.29) is 0 Å². The minimum absolute atomic E-state index is 0.408. The van der Waals surface area contributed by atoms with E-state index in [9.17, 15) is 5.11 Å². The zero-order chi connectivity index (χ0) is 26.2. The maximum atomic E-state index is 9.19. The molecule has 0 spiro atoms. The second-order valence-corrected chi connectivity index (χ2v) is 8.80. The molecule has 0 aliphatic heterocycles. The predicted octanol–water partition coefficient (Wildman–Crippen LogP) is 7.17. The number of hydrogen-bond donors (Lipinski definition) is 2. The number of benzene rings is 3. The van der Waals surface area contributed by atoms with Crippen molar-refractivity contribution in [1.82, 2.24) is 5.32 Å². The number of aryl methyl sites for hydroxylation is 2. The number of methoxy groups -OCH3 is 1. The van der Waals surface area contributed by atoms with E-state index in [1.807, 2.05) is 38.1 Å². The van der Waals surface area contributed by atoms with E-state index in [1.54, 1.807) is 13.2 Å². The molecule has 0 bridgehead atoms. The number of ether oxygens (including phenoxy) is 1. The van der Waals surface area contributed by atoms with Gasteiger partial charge in [-0.2, -0.15) is 0 Å². The van der Waals surface area contributed by atoms with Gasteiger partial charge in [-0.15, -0.1) is 0 Å². The van der Waals surface area contributed by atoms with E-state index < -0.39 is 0 Å². The molecule has 3 aromatic carbocycles. The number of rotatable bonds is 9. The van der Waals surface area contributed by atoms with Gasteiger partial charge in [0.1, 0.15) is 11.5 Å². The van der Waals surface area contributed by atoms with Crippen molar-refractivity contribution >= 4 is 5.69 Å². The lowest BCUT2D eigenvalue weighted by atomic mass is 9.92. The zero-order valence-electron chi connectivity index (χ0n) is 23.0. The Morgan fingerprint density at radius 1 is 0.861 bits per heavy atom. The number of phenolic OH excluding ortho intramolecular Hbond substituents is 1. The van der Waals surface area contributed by atoms with Gasteiger partial charge in [0.05, 0.1) is 7.11 Å². The number of likely N-dealkylation sites (N-methyl/N-ethyl adjacent to an activating group) is 1. The molecule has 0 amide bonds. The molecule has 0 aromatic heterocycles. The highest BCUT2D eigenvalue weighted by Gasteiger charge is 2.09. The Labute approximate surface area is 219 Å². The van der Waals surface area contributed by atoms with Gasteiger partial charge in [-0.3, -0.25) is 0 Å². The molecule has 4 nitrogen and oxygen atoms in total.